The number of para-hydroxylation sites is 1. The standard InChI is InChI=1S/C20H21N3O/c1-2-15-9-11-16(12-10-15)23-19(24)17-7-3-4-8-18(17)21-20(23)22-13-5-6-14-22/h3-4,7-12H,2,5-6,13-14H2,1H3. The first kappa shape index (κ1) is 14.9. The predicted octanol–water partition coefficient (Wildman–Crippen LogP) is 3.55. The van der Waals surface area contributed by atoms with Gasteiger partial charge in [-0.1, -0.05) is 31.2 Å². The van der Waals surface area contributed by atoms with Crippen LogP contribution in [0.5, 0.6) is 0 Å². The summed E-state index contributed by atoms with van der Waals surface area (Å²) in [4.78, 5) is 20.2. The summed E-state index contributed by atoms with van der Waals surface area (Å²) < 4.78 is 1.77. The number of anilines is 1. The van der Waals surface area contributed by atoms with Gasteiger partial charge < -0.3 is 4.90 Å². The highest BCUT2D eigenvalue weighted by molar-refractivity contribution is 5.79. The highest BCUT2D eigenvalue weighted by Crippen LogP contribution is 2.23. The van der Waals surface area contributed by atoms with Crippen LogP contribution >= 0.6 is 0 Å². The van der Waals surface area contributed by atoms with Gasteiger partial charge in [-0.3, -0.25) is 4.79 Å². The normalized spacial score (nSPS) is 14.5. The zero-order valence-electron chi connectivity index (χ0n) is 13.9. The molecule has 0 saturated carbocycles. The summed E-state index contributed by atoms with van der Waals surface area (Å²) in [6.45, 7) is 4.05. The van der Waals surface area contributed by atoms with Crippen molar-refractivity contribution in [1.82, 2.24) is 9.55 Å². The summed E-state index contributed by atoms with van der Waals surface area (Å²) in [5.41, 5.74) is 2.93. The smallest absolute Gasteiger partial charge is 0.267 e. The van der Waals surface area contributed by atoms with Crippen molar-refractivity contribution in [3.63, 3.8) is 0 Å². The van der Waals surface area contributed by atoms with Gasteiger partial charge in [-0.05, 0) is 49.1 Å². The molecule has 2 heterocycles. The maximum absolute atomic E-state index is 13.2. The van der Waals surface area contributed by atoms with E-state index in [0.717, 1.165) is 49.5 Å². The van der Waals surface area contributed by atoms with Gasteiger partial charge in [0.15, 0.2) is 0 Å². The fraction of sp³-hybridized carbons (Fsp3) is 0.300. The van der Waals surface area contributed by atoms with E-state index in [0.29, 0.717) is 5.39 Å². The fourth-order valence-corrected chi connectivity index (χ4v) is 3.36. The number of benzene rings is 2. The molecular formula is C20H21N3O. The largest absolute Gasteiger partial charge is 0.342 e. The van der Waals surface area contributed by atoms with Gasteiger partial charge in [0, 0.05) is 13.1 Å². The van der Waals surface area contributed by atoms with Crippen LogP contribution in [0.3, 0.4) is 0 Å². The van der Waals surface area contributed by atoms with Crippen molar-refractivity contribution >= 4 is 16.9 Å². The molecular weight excluding hydrogens is 298 g/mol. The van der Waals surface area contributed by atoms with E-state index in [9.17, 15) is 4.79 Å². The van der Waals surface area contributed by atoms with Crippen LogP contribution in [-0.2, 0) is 6.42 Å². The quantitative estimate of drug-likeness (QED) is 0.741. The molecule has 4 rings (SSSR count). The van der Waals surface area contributed by atoms with E-state index in [1.807, 2.05) is 36.4 Å². The molecule has 0 radical (unpaired) electrons. The molecule has 1 aliphatic heterocycles. The molecule has 122 valence electrons. The zero-order valence-corrected chi connectivity index (χ0v) is 13.9. The lowest BCUT2D eigenvalue weighted by Crippen LogP contribution is -2.30. The maximum atomic E-state index is 13.2. The molecule has 0 bridgehead atoms. The van der Waals surface area contributed by atoms with Crippen molar-refractivity contribution in [3.8, 4) is 5.69 Å². The Morgan fingerprint density at radius 2 is 1.71 bits per heavy atom. The van der Waals surface area contributed by atoms with Crippen molar-refractivity contribution in [2.24, 2.45) is 0 Å². The molecule has 0 aliphatic carbocycles. The molecule has 4 nitrogen and oxygen atoms in total. The third-order valence-corrected chi connectivity index (χ3v) is 4.75. The first-order chi connectivity index (χ1) is 11.8. The van der Waals surface area contributed by atoms with Gasteiger partial charge >= 0.3 is 0 Å². The predicted molar refractivity (Wildman–Crippen MR) is 98.2 cm³/mol. The van der Waals surface area contributed by atoms with Crippen LogP contribution in [-0.4, -0.2) is 22.6 Å². The van der Waals surface area contributed by atoms with Crippen molar-refractivity contribution in [2.45, 2.75) is 26.2 Å². The summed E-state index contributed by atoms with van der Waals surface area (Å²) in [7, 11) is 0. The number of hydrogen-bond acceptors (Lipinski definition) is 3. The van der Waals surface area contributed by atoms with Gasteiger partial charge in [0.1, 0.15) is 0 Å². The Bertz CT molecular complexity index is 922. The maximum Gasteiger partial charge on any atom is 0.267 e. The summed E-state index contributed by atoms with van der Waals surface area (Å²) in [6, 6.07) is 15.8. The lowest BCUT2D eigenvalue weighted by molar-refractivity contribution is 0.840. The average Bonchev–Trinajstić information content (AvgIpc) is 3.16. The molecule has 1 aromatic heterocycles. The first-order valence-electron chi connectivity index (χ1n) is 8.64. The van der Waals surface area contributed by atoms with Gasteiger partial charge in [0.05, 0.1) is 16.6 Å². The zero-order chi connectivity index (χ0) is 16.5. The molecule has 2 aromatic carbocycles. The molecule has 0 N–H and O–H groups in total. The minimum absolute atomic E-state index is 0.00625. The Morgan fingerprint density at radius 3 is 2.42 bits per heavy atom. The van der Waals surface area contributed by atoms with Gasteiger partial charge in [-0.2, -0.15) is 0 Å². The average molecular weight is 319 g/mol. The fourth-order valence-electron chi connectivity index (χ4n) is 3.36. The van der Waals surface area contributed by atoms with E-state index < -0.39 is 0 Å². The van der Waals surface area contributed by atoms with Crippen LogP contribution in [0.4, 0.5) is 5.95 Å². The van der Waals surface area contributed by atoms with Gasteiger partial charge in [-0.15, -0.1) is 0 Å². The second kappa shape index (κ2) is 6.11. The third kappa shape index (κ3) is 2.48. The highest BCUT2D eigenvalue weighted by atomic mass is 16.1. The summed E-state index contributed by atoms with van der Waals surface area (Å²) in [6.07, 6.45) is 3.29. The second-order valence-electron chi connectivity index (χ2n) is 6.28. The van der Waals surface area contributed by atoms with E-state index in [4.69, 9.17) is 4.98 Å². The van der Waals surface area contributed by atoms with Crippen LogP contribution in [0.2, 0.25) is 0 Å². The number of fused-ring (bicyclic) bond motifs is 1. The topological polar surface area (TPSA) is 38.1 Å². The van der Waals surface area contributed by atoms with Crippen LogP contribution in [0.1, 0.15) is 25.3 Å². The molecule has 0 amide bonds. The Labute approximate surface area is 141 Å². The monoisotopic (exact) mass is 319 g/mol. The van der Waals surface area contributed by atoms with Crippen molar-refractivity contribution in [3.05, 3.63) is 64.4 Å². The first-order valence-corrected chi connectivity index (χ1v) is 8.64. The van der Waals surface area contributed by atoms with E-state index in [-0.39, 0.29) is 5.56 Å². The Hall–Kier alpha value is -2.62. The minimum atomic E-state index is 0.00625. The van der Waals surface area contributed by atoms with Crippen LogP contribution < -0.4 is 10.5 Å². The molecule has 24 heavy (non-hydrogen) atoms. The summed E-state index contributed by atoms with van der Waals surface area (Å²) in [5, 5.41) is 0.667. The molecule has 1 aliphatic rings. The van der Waals surface area contributed by atoms with Crippen LogP contribution in [0.15, 0.2) is 53.3 Å². The van der Waals surface area contributed by atoms with Crippen molar-refractivity contribution in [2.75, 3.05) is 18.0 Å². The van der Waals surface area contributed by atoms with Gasteiger partial charge in [0.2, 0.25) is 5.95 Å². The van der Waals surface area contributed by atoms with E-state index in [1.54, 1.807) is 4.57 Å². The van der Waals surface area contributed by atoms with Crippen LogP contribution in [0, 0.1) is 0 Å². The molecule has 1 saturated heterocycles. The Morgan fingerprint density at radius 1 is 1.00 bits per heavy atom. The van der Waals surface area contributed by atoms with E-state index in [2.05, 4.69) is 24.0 Å². The highest BCUT2D eigenvalue weighted by Gasteiger charge is 2.20. The Kier molecular flexibility index (Phi) is 3.81. The lowest BCUT2D eigenvalue weighted by atomic mass is 10.1. The van der Waals surface area contributed by atoms with Crippen molar-refractivity contribution < 1.29 is 0 Å². The Balaban J connectivity index is 1.98. The number of hydrogen-bond donors (Lipinski definition) is 0. The molecule has 1 fully saturated rings. The third-order valence-electron chi connectivity index (χ3n) is 4.75. The van der Waals surface area contributed by atoms with Crippen molar-refractivity contribution in [1.29, 1.82) is 0 Å². The number of rotatable bonds is 3. The molecule has 0 unspecified atom stereocenters. The molecule has 0 atom stereocenters. The van der Waals surface area contributed by atoms with Crippen LogP contribution in [0.25, 0.3) is 16.6 Å². The molecule has 3 aromatic rings. The number of aromatic nitrogens is 2. The van der Waals surface area contributed by atoms with E-state index >= 15 is 0 Å². The van der Waals surface area contributed by atoms with E-state index in [1.165, 1.54) is 5.56 Å². The SMILES string of the molecule is CCc1ccc(-n2c(N3CCCC3)nc3ccccc3c2=O)cc1. The summed E-state index contributed by atoms with van der Waals surface area (Å²) in [5.74, 6) is 0.764. The molecule has 0 spiro atoms. The molecule has 4 heteroatoms. The van der Waals surface area contributed by atoms with Gasteiger partial charge in [-0.25, -0.2) is 9.55 Å². The number of aryl methyl sites for hydroxylation is 1. The minimum Gasteiger partial charge on any atom is -0.342 e. The summed E-state index contributed by atoms with van der Waals surface area (Å²) >= 11 is 0. The second-order valence-corrected chi connectivity index (χ2v) is 6.28. The number of nitrogens with zero attached hydrogens (tertiary/aromatic N) is 3. The lowest BCUT2D eigenvalue weighted by Gasteiger charge is -2.22. The van der Waals surface area contributed by atoms with Gasteiger partial charge in [0.25, 0.3) is 5.56 Å².